The van der Waals surface area contributed by atoms with Gasteiger partial charge in [0.15, 0.2) is 0 Å². The number of nitrogens with zero attached hydrogens (tertiary/aromatic N) is 2. The Kier molecular flexibility index (Phi) is 5.21. The number of rotatable bonds is 5. The zero-order chi connectivity index (χ0) is 13.8. The maximum absolute atomic E-state index is 6.23. The number of aryl methyl sites for hydroxylation is 2. The lowest BCUT2D eigenvalue weighted by atomic mass is 10.2. The monoisotopic (exact) mass is 287 g/mol. The number of halogens is 1. The molecule has 1 aromatic rings. The van der Waals surface area contributed by atoms with Crippen LogP contribution in [0, 0.1) is 6.92 Å². The van der Waals surface area contributed by atoms with Crippen LogP contribution in [0.15, 0.2) is 0 Å². The second kappa shape index (κ2) is 6.70. The third kappa shape index (κ3) is 3.69. The molecule has 1 aromatic heterocycles. The molecule has 108 valence electrons. The van der Waals surface area contributed by atoms with Gasteiger partial charge >= 0.3 is 0 Å². The van der Waals surface area contributed by atoms with Crippen molar-refractivity contribution < 1.29 is 9.47 Å². The molecular weight excluding hydrogens is 266 g/mol. The van der Waals surface area contributed by atoms with Crippen LogP contribution in [-0.2, 0) is 22.6 Å². The fourth-order valence-corrected chi connectivity index (χ4v) is 2.45. The van der Waals surface area contributed by atoms with Crippen molar-refractivity contribution in [1.29, 1.82) is 0 Å². The molecule has 2 atom stereocenters. The summed E-state index contributed by atoms with van der Waals surface area (Å²) in [6, 6.07) is 0. The van der Waals surface area contributed by atoms with Crippen molar-refractivity contribution in [3.8, 4) is 0 Å². The molecule has 1 saturated heterocycles. The van der Waals surface area contributed by atoms with Gasteiger partial charge in [-0.15, -0.1) is 0 Å². The van der Waals surface area contributed by atoms with Gasteiger partial charge in [-0.25, -0.2) is 0 Å². The zero-order valence-corrected chi connectivity index (χ0v) is 12.5. The van der Waals surface area contributed by atoms with Crippen LogP contribution in [0.5, 0.6) is 0 Å². The SMILES string of the molecule is CCn1nc(C)c(Cl)c1COCC1CNCC(C)O1. The quantitative estimate of drug-likeness (QED) is 0.896. The van der Waals surface area contributed by atoms with E-state index in [2.05, 4.69) is 17.3 Å². The Labute approximate surface area is 119 Å². The average Bonchev–Trinajstić information content (AvgIpc) is 2.66. The Morgan fingerprint density at radius 1 is 1.53 bits per heavy atom. The van der Waals surface area contributed by atoms with E-state index in [1.165, 1.54) is 0 Å². The molecule has 2 rings (SSSR count). The fraction of sp³-hybridized carbons (Fsp3) is 0.769. The van der Waals surface area contributed by atoms with E-state index in [1.54, 1.807) is 0 Å². The minimum atomic E-state index is 0.113. The predicted octanol–water partition coefficient (Wildman–Crippen LogP) is 1.76. The Morgan fingerprint density at radius 2 is 2.32 bits per heavy atom. The number of aromatic nitrogens is 2. The molecule has 0 aromatic carbocycles. The molecule has 5 nitrogen and oxygen atoms in total. The fourth-order valence-electron chi connectivity index (χ4n) is 2.26. The number of nitrogens with one attached hydrogen (secondary N) is 1. The van der Waals surface area contributed by atoms with Gasteiger partial charge in [0.2, 0.25) is 0 Å². The Hall–Kier alpha value is -0.620. The Morgan fingerprint density at radius 3 is 3.00 bits per heavy atom. The van der Waals surface area contributed by atoms with Gasteiger partial charge < -0.3 is 14.8 Å². The zero-order valence-electron chi connectivity index (χ0n) is 11.8. The third-order valence-electron chi connectivity index (χ3n) is 3.22. The number of hydrogen-bond donors (Lipinski definition) is 1. The second-order valence-electron chi connectivity index (χ2n) is 4.90. The van der Waals surface area contributed by atoms with Crippen LogP contribution in [0.4, 0.5) is 0 Å². The highest BCUT2D eigenvalue weighted by molar-refractivity contribution is 6.31. The molecule has 2 heterocycles. The highest BCUT2D eigenvalue weighted by Crippen LogP contribution is 2.21. The molecule has 1 fully saturated rings. The Bertz CT molecular complexity index is 422. The molecule has 0 spiro atoms. The van der Waals surface area contributed by atoms with Gasteiger partial charge in [0.05, 0.1) is 41.8 Å². The number of ether oxygens (including phenoxy) is 2. The molecule has 1 N–H and O–H groups in total. The van der Waals surface area contributed by atoms with E-state index in [-0.39, 0.29) is 12.2 Å². The molecule has 0 aliphatic carbocycles. The van der Waals surface area contributed by atoms with Crippen LogP contribution in [-0.4, -0.2) is 41.7 Å². The summed E-state index contributed by atoms with van der Waals surface area (Å²) in [5.41, 5.74) is 1.80. The Balaban J connectivity index is 1.85. The van der Waals surface area contributed by atoms with E-state index in [0.29, 0.717) is 18.2 Å². The van der Waals surface area contributed by atoms with Gasteiger partial charge in [0, 0.05) is 19.6 Å². The predicted molar refractivity (Wildman–Crippen MR) is 74.5 cm³/mol. The standard InChI is InChI=1S/C13H22ClN3O2/c1-4-17-12(13(14)10(3)16-17)8-18-7-11-6-15-5-9(2)19-11/h9,11,15H,4-8H2,1-3H3. The molecule has 2 unspecified atom stereocenters. The van der Waals surface area contributed by atoms with Gasteiger partial charge in [-0.05, 0) is 20.8 Å². The molecule has 0 bridgehead atoms. The first-order chi connectivity index (χ1) is 9.11. The maximum atomic E-state index is 6.23. The van der Waals surface area contributed by atoms with Crippen molar-refractivity contribution in [3.63, 3.8) is 0 Å². The molecule has 0 amide bonds. The molecule has 1 aliphatic rings. The topological polar surface area (TPSA) is 48.3 Å². The highest BCUT2D eigenvalue weighted by atomic mass is 35.5. The van der Waals surface area contributed by atoms with Crippen LogP contribution in [0.2, 0.25) is 5.02 Å². The average molecular weight is 288 g/mol. The minimum absolute atomic E-state index is 0.113. The molecule has 6 heteroatoms. The summed E-state index contributed by atoms with van der Waals surface area (Å²) in [7, 11) is 0. The van der Waals surface area contributed by atoms with Crippen LogP contribution >= 0.6 is 11.6 Å². The van der Waals surface area contributed by atoms with Gasteiger partial charge in [0.1, 0.15) is 0 Å². The molecular formula is C13H22ClN3O2. The lowest BCUT2D eigenvalue weighted by Crippen LogP contribution is -2.45. The molecule has 0 saturated carbocycles. The van der Waals surface area contributed by atoms with E-state index in [4.69, 9.17) is 21.1 Å². The highest BCUT2D eigenvalue weighted by Gasteiger charge is 2.19. The van der Waals surface area contributed by atoms with Gasteiger partial charge in [-0.1, -0.05) is 11.6 Å². The van der Waals surface area contributed by atoms with Gasteiger partial charge in [-0.3, -0.25) is 4.68 Å². The van der Waals surface area contributed by atoms with E-state index >= 15 is 0 Å². The van der Waals surface area contributed by atoms with Crippen molar-refractivity contribution in [2.24, 2.45) is 0 Å². The normalized spacial score (nSPS) is 23.8. The largest absolute Gasteiger partial charge is 0.372 e. The summed E-state index contributed by atoms with van der Waals surface area (Å²) < 4.78 is 13.4. The summed E-state index contributed by atoms with van der Waals surface area (Å²) in [4.78, 5) is 0. The molecule has 0 radical (unpaired) electrons. The lowest BCUT2D eigenvalue weighted by Gasteiger charge is -2.28. The van der Waals surface area contributed by atoms with E-state index in [9.17, 15) is 0 Å². The first-order valence-corrected chi connectivity index (χ1v) is 7.15. The van der Waals surface area contributed by atoms with Crippen molar-refractivity contribution in [2.75, 3.05) is 19.7 Å². The summed E-state index contributed by atoms with van der Waals surface area (Å²) in [5, 5.41) is 8.40. The molecule has 19 heavy (non-hydrogen) atoms. The van der Waals surface area contributed by atoms with Crippen LogP contribution in [0.1, 0.15) is 25.2 Å². The van der Waals surface area contributed by atoms with Crippen LogP contribution in [0.3, 0.4) is 0 Å². The summed E-state index contributed by atoms with van der Waals surface area (Å²) in [5.74, 6) is 0. The first-order valence-electron chi connectivity index (χ1n) is 6.77. The second-order valence-corrected chi connectivity index (χ2v) is 5.28. The van der Waals surface area contributed by atoms with Crippen LogP contribution in [0.25, 0.3) is 0 Å². The van der Waals surface area contributed by atoms with Crippen LogP contribution < -0.4 is 5.32 Å². The van der Waals surface area contributed by atoms with Crippen molar-refractivity contribution in [1.82, 2.24) is 15.1 Å². The third-order valence-corrected chi connectivity index (χ3v) is 3.72. The van der Waals surface area contributed by atoms with Crippen molar-refractivity contribution in [3.05, 3.63) is 16.4 Å². The van der Waals surface area contributed by atoms with E-state index in [1.807, 2.05) is 18.5 Å². The van der Waals surface area contributed by atoms with Crippen molar-refractivity contribution >= 4 is 11.6 Å². The molecule has 1 aliphatic heterocycles. The first kappa shape index (κ1) is 14.8. The van der Waals surface area contributed by atoms with Gasteiger partial charge in [-0.2, -0.15) is 5.10 Å². The lowest BCUT2D eigenvalue weighted by molar-refractivity contribution is -0.0723. The minimum Gasteiger partial charge on any atom is -0.372 e. The smallest absolute Gasteiger partial charge is 0.0936 e. The van der Waals surface area contributed by atoms with E-state index in [0.717, 1.165) is 31.0 Å². The maximum Gasteiger partial charge on any atom is 0.0936 e. The summed E-state index contributed by atoms with van der Waals surface area (Å²) >= 11 is 6.23. The summed E-state index contributed by atoms with van der Waals surface area (Å²) in [6.07, 6.45) is 0.357. The van der Waals surface area contributed by atoms with E-state index < -0.39 is 0 Å². The number of morpholine rings is 1. The summed E-state index contributed by atoms with van der Waals surface area (Å²) in [6.45, 7) is 9.60. The van der Waals surface area contributed by atoms with Crippen molar-refractivity contribution in [2.45, 2.75) is 46.1 Å². The number of hydrogen-bond acceptors (Lipinski definition) is 4. The van der Waals surface area contributed by atoms with Gasteiger partial charge in [0.25, 0.3) is 0 Å².